The molecule has 1 aliphatic heterocycles. The van der Waals surface area contributed by atoms with E-state index in [2.05, 4.69) is 58.2 Å². The van der Waals surface area contributed by atoms with Gasteiger partial charge in [0.05, 0.1) is 24.0 Å². The van der Waals surface area contributed by atoms with Gasteiger partial charge in [-0.2, -0.15) is 5.10 Å². The van der Waals surface area contributed by atoms with Gasteiger partial charge in [-0.25, -0.2) is 14.3 Å². The zero-order valence-electron chi connectivity index (χ0n) is 23.4. The smallest absolute Gasteiger partial charge is 0.410 e. The van der Waals surface area contributed by atoms with Gasteiger partial charge in [0.2, 0.25) is 0 Å². The second-order valence-corrected chi connectivity index (χ2v) is 17.7. The lowest BCUT2D eigenvalue weighted by molar-refractivity contribution is 0.00897. The molecular weight excluding hydrogens is 468 g/mol. The molecule has 2 aromatic heterocycles. The van der Waals surface area contributed by atoms with Crippen molar-refractivity contribution in [3.8, 4) is 0 Å². The van der Waals surface area contributed by atoms with Crippen LogP contribution in [0.5, 0.6) is 0 Å². The number of aromatic nitrogens is 3. The van der Waals surface area contributed by atoms with Crippen LogP contribution in [0.15, 0.2) is 18.2 Å². The summed E-state index contributed by atoms with van der Waals surface area (Å²) in [6.45, 7) is 18.3. The fourth-order valence-corrected chi connectivity index (χ4v) is 5.27. The summed E-state index contributed by atoms with van der Waals surface area (Å²) < 4.78 is 14.0. The van der Waals surface area contributed by atoms with E-state index >= 15 is 0 Å². The maximum Gasteiger partial charge on any atom is 0.410 e. The van der Waals surface area contributed by atoms with Crippen LogP contribution in [0, 0.1) is 0 Å². The molecule has 0 aromatic carbocycles. The Bertz CT molecular complexity index is 1120. The standard InChI is InChI=1S/C28H44N4O3Si/c1-27(2,3)35-26(33)31-16-10-9-13-24(31)23-19-25-29-22(20-14-15-20)18-21(32(25)30-23)12-11-17-34-36(7,8)28(4,5)6/h11-12,18-20,24H,9-10,13-17H2,1-8H3/b12-11+/t24-/m0/s1. The number of likely N-dealkylation sites (tertiary alicyclic amines) is 1. The van der Waals surface area contributed by atoms with Crippen LogP contribution in [0.25, 0.3) is 11.7 Å². The predicted octanol–water partition coefficient (Wildman–Crippen LogP) is 7.10. The molecule has 3 heterocycles. The molecule has 36 heavy (non-hydrogen) atoms. The number of hydrogen-bond acceptors (Lipinski definition) is 5. The molecule has 0 spiro atoms. The molecule has 1 aliphatic carbocycles. The van der Waals surface area contributed by atoms with Crippen molar-refractivity contribution >= 4 is 26.1 Å². The third-order valence-corrected chi connectivity index (χ3v) is 12.1. The van der Waals surface area contributed by atoms with Crippen LogP contribution >= 0.6 is 0 Å². The van der Waals surface area contributed by atoms with Gasteiger partial charge < -0.3 is 9.16 Å². The number of ether oxygens (including phenoxy) is 1. The molecule has 0 unspecified atom stereocenters. The molecule has 1 saturated carbocycles. The van der Waals surface area contributed by atoms with Crippen molar-refractivity contribution in [3.05, 3.63) is 35.3 Å². The van der Waals surface area contributed by atoms with Crippen molar-refractivity contribution in [2.24, 2.45) is 0 Å². The highest BCUT2D eigenvalue weighted by atomic mass is 28.4. The Morgan fingerprint density at radius 2 is 1.81 bits per heavy atom. The van der Waals surface area contributed by atoms with Crippen LogP contribution in [-0.4, -0.2) is 52.7 Å². The van der Waals surface area contributed by atoms with Crippen molar-refractivity contribution < 1.29 is 14.0 Å². The lowest BCUT2D eigenvalue weighted by Crippen LogP contribution is -2.42. The first-order valence-electron chi connectivity index (χ1n) is 13.5. The number of amides is 1. The monoisotopic (exact) mass is 512 g/mol. The molecule has 2 aliphatic rings. The van der Waals surface area contributed by atoms with Crippen LogP contribution in [0.3, 0.4) is 0 Å². The second-order valence-electron chi connectivity index (χ2n) is 12.9. The lowest BCUT2D eigenvalue weighted by Gasteiger charge is -2.35. The quantitative estimate of drug-likeness (QED) is 0.386. The maximum atomic E-state index is 13.0. The Morgan fingerprint density at radius 1 is 1.08 bits per heavy atom. The van der Waals surface area contributed by atoms with Gasteiger partial charge in [0.1, 0.15) is 5.60 Å². The van der Waals surface area contributed by atoms with Gasteiger partial charge in [-0.3, -0.25) is 4.90 Å². The van der Waals surface area contributed by atoms with Crippen molar-refractivity contribution in [1.29, 1.82) is 0 Å². The highest BCUT2D eigenvalue weighted by Gasteiger charge is 2.37. The molecule has 7 nitrogen and oxygen atoms in total. The first kappa shape index (κ1) is 26.9. The Hall–Kier alpha value is -2.19. The summed E-state index contributed by atoms with van der Waals surface area (Å²) in [6, 6.07) is 4.12. The number of rotatable bonds is 6. The summed E-state index contributed by atoms with van der Waals surface area (Å²) in [4.78, 5) is 19.8. The van der Waals surface area contributed by atoms with Crippen LogP contribution in [-0.2, 0) is 9.16 Å². The number of carbonyl (C=O) groups excluding carboxylic acids is 1. The molecule has 2 aromatic rings. The van der Waals surface area contributed by atoms with E-state index in [0.29, 0.717) is 19.1 Å². The van der Waals surface area contributed by atoms with E-state index in [-0.39, 0.29) is 17.2 Å². The molecule has 0 radical (unpaired) electrons. The van der Waals surface area contributed by atoms with E-state index in [1.54, 1.807) is 0 Å². The minimum atomic E-state index is -1.81. The van der Waals surface area contributed by atoms with Crippen molar-refractivity contribution in [3.63, 3.8) is 0 Å². The molecular formula is C28H44N4O3Si. The van der Waals surface area contributed by atoms with Gasteiger partial charge in [0.25, 0.3) is 0 Å². The molecule has 8 heteroatoms. The second kappa shape index (κ2) is 9.93. The van der Waals surface area contributed by atoms with Gasteiger partial charge in [0.15, 0.2) is 14.0 Å². The maximum absolute atomic E-state index is 13.0. The number of piperidine rings is 1. The molecule has 2 fully saturated rings. The molecule has 198 valence electrons. The van der Waals surface area contributed by atoms with Crippen molar-refractivity contribution in [2.45, 2.75) is 109 Å². The number of hydrogen-bond donors (Lipinski definition) is 0. The van der Waals surface area contributed by atoms with Gasteiger partial charge >= 0.3 is 6.09 Å². The number of nitrogens with zero attached hydrogens (tertiary/aromatic N) is 4. The van der Waals surface area contributed by atoms with E-state index in [9.17, 15) is 4.79 Å². The van der Waals surface area contributed by atoms with Gasteiger partial charge in [0, 0.05) is 24.2 Å². The molecule has 0 bridgehead atoms. The largest absolute Gasteiger partial charge is 0.444 e. The SMILES string of the molecule is CC(C)(C)OC(=O)N1CCCC[C@H]1c1cc2nc(C3CC3)cc(/C=C/CO[Si](C)(C)C(C)(C)C)n2n1. The van der Waals surface area contributed by atoms with E-state index in [0.717, 1.165) is 42.0 Å². The normalized spacial score (nSPS) is 19.9. The van der Waals surface area contributed by atoms with Gasteiger partial charge in [-0.15, -0.1) is 0 Å². The number of carbonyl (C=O) groups is 1. The molecule has 0 N–H and O–H groups in total. The Morgan fingerprint density at radius 3 is 2.44 bits per heavy atom. The Kier molecular flexibility index (Phi) is 7.41. The first-order valence-corrected chi connectivity index (χ1v) is 16.4. The lowest BCUT2D eigenvalue weighted by atomic mass is 10.00. The number of fused-ring (bicyclic) bond motifs is 1. The summed E-state index contributed by atoms with van der Waals surface area (Å²) in [6.07, 6.45) is 9.25. The van der Waals surface area contributed by atoms with Crippen LogP contribution in [0.2, 0.25) is 18.1 Å². The van der Waals surface area contributed by atoms with Crippen LogP contribution in [0.4, 0.5) is 4.79 Å². The summed E-state index contributed by atoms with van der Waals surface area (Å²) in [5.74, 6) is 0.539. The van der Waals surface area contributed by atoms with Crippen molar-refractivity contribution in [2.75, 3.05) is 13.2 Å². The minimum Gasteiger partial charge on any atom is -0.444 e. The summed E-state index contributed by atoms with van der Waals surface area (Å²) in [5, 5.41) is 5.16. The average molecular weight is 513 g/mol. The van der Waals surface area contributed by atoms with E-state index in [4.69, 9.17) is 19.2 Å². The minimum absolute atomic E-state index is 0.0987. The Labute approximate surface area is 217 Å². The van der Waals surface area contributed by atoms with Gasteiger partial charge in [-0.05, 0) is 83.1 Å². The van der Waals surface area contributed by atoms with E-state index in [1.807, 2.05) is 30.2 Å². The third kappa shape index (κ3) is 6.19. The highest BCUT2D eigenvalue weighted by molar-refractivity contribution is 6.74. The summed E-state index contributed by atoms with van der Waals surface area (Å²) in [7, 11) is -1.81. The van der Waals surface area contributed by atoms with Gasteiger partial charge in [-0.1, -0.05) is 26.8 Å². The zero-order chi connectivity index (χ0) is 26.3. The molecule has 1 atom stereocenters. The van der Waals surface area contributed by atoms with E-state index < -0.39 is 13.9 Å². The fourth-order valence-electron chi connectivity index (χ4n) is 4.33. The van der Waals surface area contributed by atoms with Crippen LogP contribution in [0.1, 0.15) is 103 Å². The van der Waals surface area contributed by atoms with Crippen LogP contribution < -0.4 is 0 Å². The van der Waals surface area contributed by atoms with E-state index in [1.165, 1.54) is 12.8 Å². The topological polar surface area (TPSA) is 69.0 Å². The average Bonchev–Trinajstić information content (AvgIpc) is 3.53. The molecule has 1 amide bonds. The molecule has 4 rings (SSSR count). The Balaban J connectivity index is 1.61. The fraction of sp³-hybridized carbons (Fsp3) is 0.679. The molecule has 1 saturated heterocycles. The zero-order valence-corrected chi connectivity index (χ0v) is 24.4. The third-order valence-electron chi connectivity index (χ3n) is 7.60. The summed E-state index contributed by atoms with van der Waals surface area (Å²) >= 11 is 0. The predicted molar refractivity (Wildman–Crippen MR) is 147 cm³/mol. The first-order chi connectivity index (χ1) is 16.7. The summed E-state index contributed by atoms with van der Waals surface area (Å²) in [5.41, 5.74) is 3.34. The van der Waals surface area contributed by atoms with Crippen molar-refractivity contribution in [1.82, 2.24) is 19.5 Å². The highest BCUT2D eigenvalue weighted by Crippen LogP contribution is 2.40.